The van der Waals surface area contributed by atoms with Crippen molar-refractivity contribution in [1.29, 1.82) is 0 Å². The van der Waals surface area contributed by atoms with Gasteiger partial charge in [0.15, 0.2) is 0 Å². The highest BCUT2D eigenvalue weighted by Crippen LogP contribution is 2.24. The van der Waals surface area contributed by atoms with Crippen molar-refractivity contribution in [3.05, 3.63) is 29.8 Å². The molecule has 1 saturated heterocycles. The van der Waals surface area contributed by atoms with Gasteiger partial charge in [0.05, 0.1) is 12.3 Å². The molecule has 1 heterocycles. The van der Waals surface area contributed by atoms with Crippen molar-refractivity contribution >= 4 is 23.5 Å². The van der Waals surface area contributed by atoms with Gasteiger partial charge >= 0.3 is 6.03 Å². The minimum Gasteiger partial charge on any atom is -0.384 e. The Balaban J connectivity index is 2.37. The number of alkyl halides is 1. The van der Waals surface area contributed by atoms with Crippen molar-refractivity contribution in [2.45, 2.75) is 12.6 Å². The van der Waals surface area contributed by atoms with E-state index in [1.165, 1.54) is 13.2 Å². The van der Waals surface area contributed by atoms with Gasteiger partial charge in [-0.2, -0.15) is 0 Å². The van der Waals surface area contributed by atoms with E-state index in [0.29, 0.717) is 23.5 Å². The molecule has 1 aliphatic heterocycles. The lowest BCUT2D eigenvalue weighted by Gasteiger charge is -2.28. The van der Waals surface area contributed by atoms with E-state index in [9.17, 15) is 18.8 Å². The molecule has 4 amide bonds. The van der Waals surface area contributed by atoms with Crippen LogP contribution in [-0.4, -0.2) is 37.7 Å². The molecule has 1 aliphatic rings. The van der Waals surface area contributed by atoms with Crippen LogP contribution in [0.1, 0.15) is 5.56 Å². The standard InChI is InChI=1S/C13H13FN2O4/c1-20-7-6-8-4-2-3-5-9(8)16-12(18)10(14)11(17)15-13(16)19/h2-5,10H,6-7H2,1H3,(H,15,17,19). The summed E-state index contributed by atoms with van der Waals surface area (Å²) in [6.45, 7) is 0.388. The SMILES string of the molecule is COCCc1ccccc1N1C(=O)NC(=O)C(F)C1=O. The maximum absolute atomic E-state index is 13.5. The van der Waals surface area contributed by atoms with Crippen molar-refractivity contribution in [1.82, 2.24) is 5.32 Å². The number of imide groups is 2. The molecule has 1 N–H and O–H groups in total. The summed E-state index contributed by atoms with van der Waals surface area (Å²) in [6, 6.07) is 5.64. The minimum atomic E-state index is -2.37. The average molecular weight is 280 g/mol. The van der Waals surface area contributed by atoms with Crippen LogP contribution < -0.4 is 10.2 Å². The second-order valence-corrected chi connectivity index (χ2v) is 4.20. The Bertz CT molecular complexity index is 561. The van der Waals surface area contributed by atoms with Crippen LogP contribution in [0.4, 0.5) is 14.9 Å². The van der Waals surface area contributed by atoms with Gasteiger partial charge in [0.1, 0.15) is 0 Å². The fourth-order valence-electron chi connectivity index (χ4n) is 1.93. The summed E-state index contributed by atoms with van der Waals surface area (Å²) < 4.78 is 18.4. The van der Waals surface area contributed by atoms with Crippen LogP contribution >= 0.6 is 0 Å². The molecular formula is C13H13FN2O4. The fraction of sp³-hybridized carbons (Fsp3) is 0.308. The third kappa shape index (κ3) is 2.53. The van der Waals surface area contributed by atoms with E-state index in [1.54, 1.807) is 18.2 Å². The molecule has 20 heavy (non-hydrogen) atoms. The molecule has 0 aromatic heterocycles. The number of barbiturate groups is 1. The van der Waals surface area contributed by atoms with Crippen LogP contribution in [0.15, 0.2) is 24.3 Å². The molecule has 1 aromatic rings. The first-order valence-corrected chi connectivity index (χ1v) is 5.96. The first-order valence-electron chi connectivity index (χ1n) is 5.96. The summed E-state index contributed by atoms with van der Waals surface area (Å²) in [5, 5.41) is 1.81. The van der Waals surface area contributed by atoms with Crippen molar-refractivity contribution in [3.8, 4) is 0 Å². The zero-order valence-electron chi connectivity index (χ0n) is 10.8. The number of hydrogen-bond acceptors (Lipinski definition) is 4. The molecule has 0 bridgehead atoms. The summed E-state index contributed by atoms with van der Waals surface area (Å²) in [5.74, 6) is -2.41. The van der Waals surface area contributed by atoms with Crippen LogP contribution in [0, 0.1) is 0 Å². The summed E-state index contributed by atoms with van der Waals surface area (Å²) >= 11 is 0. The molecule has 2 rings (SSSR count). The molecule has 6 nitrogen and oxygen atoms in total. The predicted molar refractivity (Wildman–Crippen MR) is 67.9 cm³/mol. The number of carbonyl (C=O) groups excluding carboxylic acids is 3. The van der Waals surface area contributed by atoms with Crippen LogP contribution in [0.2, 0.25) is 0 Å². The number of carbonyl (C=O) groups is 3. The van der Waals surface area contributed by atoms with Crippen molar-refractivity contribution in [3.63, 3.8) is 0 Å². The van der Waals surface area contributed by atoms with Gasteiger partial charge in [0, 0.05) is 7.11 Å². The van der Waals surface area contributed by atoms with Gasteiger partial charge in [-0.25, -0.2) is 14.1 Å². The Morgan fingerprint density at radius 3 is 2.70 bits per heavy atom. The Labute approximate surface area is 114 Å². The number of para-hydroxylation sites is 1. The number of nitrogens with zero attached hydrogens (tertiary/aromatic N) is 1. The van der Waals surface area contributed by atoms with E-state index in [1.807, 2.05) is 5.32 Å². The van der Waals surface area contributed by atoms with E-state index >= 15 is 0 Å². The second kappa shape index (κ2) is 5.79. The quantitative estimate of drug-likeness (QED) is 0.828. The first-order chi connectivity index (χ1) is 9.56. The van der Waals surface area contributed by atoms with Gasteiger partial charge in [0.2, 0.25) is 0 Å². The number of benzene rings is 1. The summed E-state index contributed by atoms with van der Waals surface area (Å²) in [7, 11) is 1.53. The van der Waals surface area contributed by atoms with Gasteiger partial charge in [-0.05, 0) is 18.1 Å². The normalized spacial score (nSPS) is 19.2. The Morgan fingerprint density at radius 2 is 2.00 bits per heavy atom. The van der Waals surface area contributed by atoms with Gasteiger partial charge < -0.3 is 4.74 Å². The third-order valence-corrected chi connectivity index (χ3v) is 2.91. The molecule has 1 atom stereocenters. The monoisotopic (exact) mass is 280 g/mol. The predicted octanol–water partition coefficient (Wildman–Crippen LogP) is 0.796. The Kier molecular flexibility index (Phi) is 4.09. The van der Waals surface area contributed by atoms with Gasteiger partial charge in [-0.15, -0.1) is 0 Å². The van der Waals surface area contributed by atoms with Gasteiger partial charge in [-0.3, -0.25) is 14.9 Å². The second-order valence-electron chi connectivity index (χ2n) is 4.20. The smallest absolute Gasteiger partial charge is 0.335 e. The van der Waals surface area contributed by atoms with E-state index < -0.39 is 24.0 Å². The molecule has 7 heteroatoms. The Hall–Kier alpha value is -2.28. The molecular weight excluding hydrogens is 267 g/mol. The molecule has 0 spiro atoms. The highest BCUT2D eigenvalue weighted by Gasteiger charge is 2.42. The molecule has 1 aromatic carbocycles. The largest absolute Gasteiger partial charge is 0.384 e. The topological polar surface area (TPSA) is 75.7 Å². The van der Waals surface area contributed by atoms with E-state index in [-0.39, 0.29) is 5.69 Å². The van der Waals surface area contributed by atoms with Crippen LogP contribution in [-0.2, 0) is 20.7 Å². The van der Waals surface area contributed by atoms with Gasteiger partial charge in [0.25, 0.3) is 18.0 Å². The molecule has 1 unspecified atom stereocenters. The summed E-state index contributed by atoms with van der Waals surface area (Å²) in [6.07, 6.45) is -1.92. The maximum atomic E-state index is 13.5. The Morgan fingerprint density at radius 1 is 1.30 bits per heavy atom. The minimum absolute atomic E-state index is 0.252. The zero-order chi connectivity index (χ0) is 14.7. The lowest BCUT2D eigenvalue weighted by Crippen LogP contribution is -2.59. The number of urea groups is 1. The van der Waals surface area contributed by atoms with E-state index in [2.05, 4.69) is 0 Å². The van der Waals surface area contributed by atoms with Crippen LogP contribution in [0.3, 0.4) is 0 Å². The highest BCUT2D eigenvalue weighted by atomic mass is 19.1. The number of anilines is 1. The number of ether oxygens (including phenoxy) is 1. The third-order valence-electron chi connectivity index (χ3n) is 2.91. The summed E-state index contributed by atoms with van der Waals surface area (Å²) in [5.41, 5.74) is 0.904. The lowest BCUT2D eigenvalue weighted by molar-refractivity contribution is -0.135. The first kappa shape index (κ1) is 14.1. The van der Waals surface area contributed by atoms with Crippen molar-refractivity contribution < 1.29 is 23.5 Å². The van der Waals surface area contributed by atoms with Crippen molar-refractivity contribution in [2.75, 3.05) is 18.6 Å². The van der Waals surface area contributed by atoms with E-state index in [0.717, 1.165) is 0 Å². The lowest BCUT2D eigenvalue weighted by atomic mass is 10.1. The number of halogens is 1. The van der Waals surface area contributed by atoms with Crippen molar-refractivity contribution in [2.24, 2.45) is 0 Å². The van der Waals surface area contributed by atoms with Crippen LogP contribution in [0.5, 0.6) is 0 Å². The number of nitrogens with one attached hydrogen (secondary N) is 1. The number of hydrogen-bond donors (Lipinski definition) is 1. The number of methoxy groups -OCH3 is 1. The average Bonchev–Trinajstić information content (AvgIpc) is 2.44. The summed E-state index contributed by atoms with van der Waals surface area (Å²) in [4.78, 5) is 35.3. The molecule has 0 saturated carbocycles. The van der Waals surface area contributed by atoms with Gasteiger partial charge in [-0.1, -0.05) is 18.2 Å². The van der Waals surface area contributed by atoms with Crippen LogP contribution in [0.25, 0.3) is 0 Å². The molecule has 106 valence electrons. The fourth-order valence-corrected chi connectivity index (χ4v) is 1.93. The zero-order valence-corrected chi connectivity index (χ0v) is 10.8. The molecule has 1 fully saturated rings. The maximum Gasteiger partial charge on any atom is 0.335 e. The van der Waals surface area contributed by atoms with E-state index in [4.69, 9.17) is 4.74 Å². The number of rotatable bonds is 4. The molecule has 0 radical (unpaired) electrons. The molecule has 0 aliphatic carbocycles. The highest BCUT2D eigenvalue weighted by molar-refractivity contribution is 6.29. The number of amides is 4.